The van der Waals surface area contributed by atoms with Crippen molar-refractivity contribution in [2.45, 2.75) is 64.5 Å². The molecule has 5 nitrogen and oxygen atoms in total. The van der Waals surface area contributed by atoms with Crippen LogP contribution in [0.1, 0.15) is 57.7 Å². The monoisotopic (exact) mass is 339 g/mol. The van der Waals surface area contributed by atoms with Crippen molar-refractivity contribution in [3.63, 3.8) is 0 Å². The summed E-state index contributed by atoms with van der Waals surface area (Å²) in [5, 5.41) is 0. The summed E-state index contributed by atoms with van der Waals surface area (Å²) in [6.07, 6.45) is 14.7. The maximum atomic E-state index is 4.60. The highest BCUT2D eigenvalue weighted by atomic mass is 15.2. The lowest BCUT2D eigenvalue weighted by Gasteiger charge is -2.44. The highest BCUT2D eigenvalue weighted by Gasteiger charge is 2.33. The van der Waals surface area contributed by atoms with E-state index in [-0.39, 0.29) is 0 Å². The molecule has 2 aliphatic rings. The second-order valence-electron chi connectivity index (χ2n) is 7.89. The van der Waals surface area contributed by atoms with Gasteiger partial charge < -0.3 is 9.47 Å². The van der Waals surface area contributed by atoms with Crippen LogP contribution in [-0.2, 0) is 6.54 Å². The zero-order valence-corrected chi connectivity index (χ0v) is 15.4. The summed E-state index contributed by atoms with van der Waals surface area (Å²) < 4.78 is 2.32. The Morgan fingerprint density at radius 1 is 1.04 bits per heavy atom. The standard InChI is InChI=1S/C20H29N5/c1-15(2)19-22-12-17(13-23-19)20-21-8-11-25(20)14-16-6-5-10-24-9-4-3-7-18(16)24/h8,11-13,15-16,18H,3-7,9-10,14H2,1-2H3/t16-,18+/m0/s1. The van der Waals surface area contributed by atoms with Gasteiger partial charge in [-0.3, -0.25) is 0 Å². The summed E-state index contributed by atoms with van der Waals surface area (Å²) >= 11 is 0. The third-order valence-corrected chi connectivity index (χ3v) is 5.82. The predicted octanol–water partition coefficient (Wildman–Crippen LogP) is 3.73. The largest absolute Gasteiger partial charge is 0.331 e. The molecule has 0 saturated carbocycles. The number of imidazole rings is 1. The van der Waals surface area contributed by atoms with Crippen LogP contribution in [0.4, 0.5) is 0 Å². The molecular formula is C20H29N5. The molecule has 0 bridgehead atoms. The topological polar surface area (TPSA) is 46.8 Å². The molecule has 0 radical (unpaired) electrons. The van der Waals surface area contributed by atoms with Crippen LogP contribution in [0, 0.1) is 5.92 Å². The second kappa shape index (κ2) is 7.24. The van der Waals surface area contributed by atoms with E-state index in [1.165, 1.54) is 45.2 Å². The molecule has 4 rings (SSSR count). The highest BCUT2D eigenvalue weighted by Crippen LogP contribution is 2.32. The Hall–Kier alpha value is -1.75. The van der Waals surface area contributed by atoms with Crippen LogP contribution in [-0.4, -0.2) is 43.6 Å². The third kappa shape index (κ3) is 3.47. The number of fused-ring (bicyclic) bond motifs is 1. The minimum Gasteiger partial charge on any atom is -0.331 e. The number of piperidine rings is 2. The highest BCUT2D eigenvalue weighted by molar-refractivity contribution is 5.52. The molecule has 2 saturated heterocycles. The molecule has 0 N–H and O–H groups in total. The Morgan fingerprint density at radius 3 is 2.64 bits per heavy atom. The van der Waals surface area contributed by atoms with Gasteiger partial charge in [0.05, 0.1) is 5.56 Å². The zero-order chi connectivity index (χ0) is 17.2. The number of hydrogen-bond acceptors (Lipinski definition) is 4. The van der Waals surface area contributed by atoms with Gasteiger partial charge in [-0.15, -0.1) is 0 Å². The summed E-state index contributed by atoms with van der Waals surface area (Å²) in [6, 6.07) is 0.761. The van der Waals surface area contributed by atoms with Gasteiger partial charge in [0.25, 0.3) is 0 Å². The van der Waals surface area contributed by atoms with Gasteiger partial charge in [-0.25, -0.2) is 15.0 Å². The maximum absolute atomic E-state index is 4.60. The van der Waals surface area contributed by atoms with Crippen molar-refractivity contribution >= 4 is 0 Å². The molecular weight excluding hydrogens is 310 g/mol. The molecule has 0 amide bonds. The smallest absolute Gasteiger partial charge is 0.143 e. The summed E-state index contributed by atoms with van der Waals surface area (Å²) in [7, 11) is 0. The summed E-state index contributed by atoms with van der Waals surface area (Å²) in [5.41, 5.74) is 1.02. The quantitative estimate of drug-likeness (QED) is 0.851. The fraction of sp³-hybridized carbons (Fsp3) is 0.650. The van der Waals surface area contributed by atoms with Crippen molar-refractivity contribution in [2.75, 3.05) is 13.1 Å². The van der Waals surface area contributed by atoms with Crippen LogP contribution >= 0.6 is 0 Å². The van der Waals surface area contributed by atoms with E-state index in [2.05, 4.69) is 44.5 Å². The molecule has 25 heavy (non-hydrogen) atoms. The fourth-order valence-corrected chi connectivity index (χ4v) is 4.51. The third-order valence-electron chi connectivity index (χ3n) is 5.82. The molecule has 0 aromatic carbocycles. The lowest BCUT2D eigenvalue weighted by molar-refractivity contribution is 0.0521. The first kappa shape index (κ1) is 16.7. The van der Waals surface area contributed by atoms with Crippen LogP contribution in [0.3, 0.4) is 0 Å². The number of nitrogens with zero attached hydrogens (tertiary/aromatic N) is 5. The van der Waals surface area contributed by atoms with Crippen molar-refractivity contribution < 1.29 is 0 Å². The van der Waals surface area contributed by atoms with Crippen molar-refractivity contribution in [1.82, 2.24) is 24.4 Å². The fourth-order valence-electron chi connectivity index (χ4n) is 4.51. The van der Waals surface area contributed by atoms with Crippen LogP contribution in [0.2, 0.25) is 0 Å². The van der Waals surface area contributed by atoms with Gasteiger partial charge in [0, 0.05) is 43.3 Å². The van der Waals surface area contributed by atoms with E-state index in [1.807, 2.05) is 18.6 Å². The molecule has 2 aromatic heterocycles. The molecule has 0 aliphatic carbocycles. The molecule has 2 aliphatic heterocycles. The number of hydrogen-bond donors (Lipinski definition) is 0. The van der Waals surface area contributed by atoms with Crippen molar-refractivity contribution in [1.29, 1.82) is 0 Å². The SMILES string of the molecule is CC(C)c1ncc(-c2nccn2C[C@@H]2CCCN3CCCC[C@H]23)cn1. The molecule has 0 spiro atoms. The minimum atomic E-state index is 0.355. The normalized spacial score (nSPS) is 24.4. The van der Waals surface area contributed by atoms with Gasteiger partial charge in [0.15, 0.2) is 0 Å². The van der Waals surface area contributed by atoms with Crippen LogP contribution in [0.15, 0.2) is 24.8 Å². The van der Waals surface area contributed by atoms with Gasteiger partial charge in [0.1, 0.15) is 11.6 Å². The Bertz CT molecular complexity index is 688. The van der Waals surface area contributed by atoms with E-state index in [0.717, 1.165) is 35.7 Å². The average Bonchev–Trinajstić information content (AvgIpc) is 3.10. The second-order valence-corrected chi connectivity index (χ2v) is 7.89. The van der Waals surface area contributed by atoms with Crippen LogP contribution in [0.5, 0.6) is 0 Å². The molecule has 2 aromatic rings. The molecule has 2 atom stereocenters. The van der Waals surface area contributed by atoms with E-state index in [0.29, 0.717) is 5.92 Å². The van der Waals surface area contributed by atoms with Crippen LogP contribution < -0.4 is 0 Å². The molecule has 134 valence electrons. The van der Waals surface area contributed by atoms with Crippen molar-refractivity contribution in [3.8, 4) is 11.4 Å². The van der Waals surface area contributed by atoms with E-state index < -0.39 is 0 Å². The first-order valence-corrected chi connectivity index (χ1v) is 9.80. The summed E-state index contributed by atoms with van der Waals surface area (Å²) in [4.78, 5) is 16.4. The summed E-state index contributed by atoms with van der Waals surface area (Å²) in [5.74, 6) is 2.99. The molecule has 0 unspecified atom stereocenters. The first-order chi connectivity index (χ1) is 12.2. The van der Waals surface area contributed by atoms with Gasteiger partial charge in [-0.1, -0.05) is 20.3 Å². The lowest BCUT2D eigenvalue weighted by Crippen LogP contribution is -2.49. The lowest BCUT2D eigenvalue weighted by atomic mass is 9.83. The number of aromatic nitrogens is 4. The molecule has 4 heterocycles. The predicted molar refractivity (Wildman–Crippen MR) is 99.3 cm³/mol. The average molecular weight is 339 g/mol. The van der Waals surface area contributed by atoms with E-state index in [4.69, 9.17) is 0 Å². The Balaban J connectivity index is 1.53. The van der Waals surface area contributed by atoms with Gasteiger partial charge >= 0.3 is 0 Å². The first-order valence-electron chi connectivity index (χ1n) is 9.80. The van der Waals surface area contributed by atoms with E-state index >= 15 is 0 Å². The van der Waals surface area contributed by atoms with Crippen LogP contribution in [0.25, 0.3) is 11.4 Å². The molecule has 2 fully saturated rings. The van der Waals surface area contributed by atoms with Crippen molar-refractivity contribution in [2.24, 2.45) is 5.92 Å². The van der Waals surface area contributed by atoms with E-state index in [9.17, 15) is 0 Å². The zero-order valence-electron chi connectivity index (χ0n) is 15.4. The molecule has 5 heteroatoms. The van der Waals surface area contributed by atoms with Crippen molar-refractivity contribution in [3.05, 3.63) is 30.6 Å². The van der Waals surface area contributed by atoms with Gasteiger partial charge in [-0.2, -0.15) is 0 Å². The maximum Gasteiger partial charge on any atom is 0.143 e. The Morgan fingerprint density at radius 2 is 1.84 bits per heavy atom. The summed E-state index contributed by atoms with van der Waals surface area (Å²) in [6.45, 7) is 7.89. The Kier molecular flexibility index (Phi) is 4.84. The minimum absolute atomic E-state index is 0.355. The van der Waals surface area contributed by atoms with Gasteiger partial charge in [0.2, 0.25) is 0 Å². The Labute approximate surface area is 150 Å². The number of rotatable bonds is 4. The van der Waals surface area contributed by atoms with Gasteiger partial charge in [-0.05, 0) is 44.7 Å². The van der Waals surface area contributed by atoms with E-state index in [1.54, 1.807) is 0 Å².